The van der Waals surface area contributed by atoms with Crippen molar-refractivity contribution in [2.75, 3.05) is 39.3 Å². The summed E-state index contributed by atoms with van der Waals surface area (Å²) < 4.78 is 1.09. The smallest absolute Gasteiger partial charge is 0.251 e. The van der Waals surface area contributed by atoms with Crippen LogP contribution in [0.5, 0.6) is 0 Å². The third-order valence-corrected chi connectivity index (χ3v) is 3.68. The second-order valence-corrected chi connectivity index (χ2v) is 5.60. The van der Waals surface area contributed by atoms with Crippen LogP contribution in [0.1, 0.15) is 10.4 Å². The molecular formula is C13H18IN3O. The molecule has 0 bridgehead atoms. The molecule has 0 atom stereocenters. The number of hydrogen-bond acceptors (Lipinski definition) is 3. The quantitative estimate of drug-likeness (QED) is 0.787. The van der Waals surface area contributed by atoms with Crippen LogP contribution in [0.15, 0.2) is 24.3 Å². The van der Waals surface area contributed by atoms with E-state index >= 15 is 0 Å². The van der Waals surface area contributed by atoms with Crippen LogP contribution in [-0.4, -0.2) is 50.1 Å². The molecule has 4 nitrogen and oxygen atoms in total. The molecule has 18 heavy (non-hydrogen) atoms. The molecule has 1 fully saturated rings. The zero-order valence-electron chi connectivity index (χ0n) is 10.3. The fourth-order valence-electron chi connectivity index (χ4n) is 1.99. The van der Waals surface area contributed by atoms with Gasteiger partial charge in [0.15, 0.2) is 0 Å². The first-order valence-corrected chi connectivity index (χ1v) is 7.30. The van der Waals surface area contributed by atoms with Crippen LogP contribution in [0.25, 0.3) is 0 Å². The molecule has 1 amide bonds. The van der Waals surface area contributed by atoms with Gasteiger partial charge in [0.2, 0.25) is 0 Å². The van der Waals surface area contributed by atoms with Gasteiger partial charge in [-0.15, -0.1) is 0 Å². The van der Waals surface area contributed by atoms with E-state index in [1.807, 2.05) is 24.3 Å². The number of amides is 1. The molecule has 1 heterocycles. The fourth-order valence-corrected chi connectivity index (χ4v) is 2.54. The summed E-state index contributed by atoms with van der Waals surface area (Å²) in [4.78, 5) is 14.3. The van der Waals surface area contributed by atoms with Crippen molar-refractivity contribution in [1.29, 1.82) is 0 Å². The lowest BCUT2D eigenvalue weighted by Gasteiger charge is -2.27. The van der Waals surface area contributed by atoms with Gasteiger partial charge in [-0.3, -0.25) is 9.69 Å². The number of rotatable bonds is 4. The van der Waals surface area contributed by atoms with Crippen LogP contribution < -0.4 is 10.6 Å². The minimum atomic E-state index is 0.0173. The van der Waals surface area contributed by atoms with Crippen molar-refractivity contribution in [3.05, 3.63) is 33.4 Å². The van der Waals surface area contributed by atoms with E-state index in [1.165, 1.54) is 0 Å². The molecule has 2 N–H and O–H groups in total. The van der Waals surface area contributed by atoms with Crippen LogP contribution >= 0.6 is 22.6 Å². The molecule has 0 saturated carbocycles. The molecule has 0 spiro atoms. The van der Waals surface area contributed by atoms with Gasteiger partial charge in [-0.05, 0) is 40.8 Å². The Balaban J connectivity index is 1.74. The highest BCUT2D eigenvalue weighted by Gasteiger charge is 2.10. The van der Waals surface area contributed by atoms with E-state index in [1.54, 1.807) is 0 Å². The van der Waals surface area contributed by atoms with E-state index < -0.39 is 0 Å². The van der Waals surface area contributed by atoms with Gasteiger partial charge >= 0.3 is 0 Å². The molecular weight excluding hydrogens is 341 g/mol. The van der Waals surface area contributed by atoms with Crippen molar-refractivity contribution in [3.63, 3.8) is 0 Å². The first kappa shape index (κ1) is 13.8. The van der Waals surface area contributed by atoms with Crippen LogP contribution in [0, 0.1) is 3.57 Å². The number of halogens is 1. The molecule has 1 aliphatic heterocycles. The van der Waals surface area contributed by atoms with Crippen molar-refractivity contribution in [3.8, 4) is 0 Å². The third kappa shape index (κ3) is 4.22. The Hall–Kier alpha value is -0.660. The average Bonchev–Trinajstić information content (AvgIpc) is 2.40. The summed E-state index contributed by atoms with van der Waals surface area (Å²) in [5.74, 6) is 0.0173. The SMILES string of the molecule is O=C(NCCN1CCNCC1)c1cccc(I)c1. The van der Waals surface area contributed by atoms with Crippen molar-refractivity contribution in [2.45, 2.75) is 0 Å². The van der Waals surface area contributed by atoms with Gasteiger partial charge in [0, 0.05) is 48.4 Å². The van der Waals surface area contributed by atoms with Crippen molar-refractivity contribution >= 4 is 28.5 Å². The Labute approximate surface area is 121 Å². The molecule has 1 saturated heterocycles. The van der Waals surface area contributed by atoms with E-state index in [-0.39, 0.29) is 5.91 Å². The Morgan fingerprint density at radius 1 is 1.39 bits per heavy atom. The Morgan fingerprint density at radius 3 is 2.89 bits per heavy atom. The monoisotopic (exact) mass is 359 g/mol. The van der Waals surface area contributed by atoms with E-state index in [9.17, 15) is 4.79 Å². The molecule has 0 aliphatic carbocycles. The number of benzene rings is 1. The normalized spacial score (nSPS) is 16.5. The van der Waals surface area contributed by atoms with Gasteiger partial charge in [0.05, 0.1) is 0 Å². The highest BCUT2D eigenvalue weighted by atomic mass is 127. The summed E-state index contributed by atoms with van der Waals surface area (Å²) in [6.07, 6.45) is 0. The molecule has 1 aromatic rings. The summed E-state index contributed by atoms with van der Waals surface area (Å²) in [6, 6.07) is 7.65. The van der Waals surface area contributed by atoms with Gasteiger partial charge in [-0.1, -0.05) is 6.07 Å². The van der Waals surface area contributed by atoms with E-state index in [0.717, 1.165) is 41.9 Å². The van der Waals surface area contributed by atoms with Crippen molar-refractivity contribution in [1.82, 2.24) is 15.5 Å². The number of nitrogens with one attached hydrogen (secondary N) is 2. The number of hydrogen-bond donors (Lipinski definition) is 2. The number of carbonyl (C=O) groups is 1. The maximum atomic E-state index is 11.9. The van der Waals surface area contributed by atoms with Gasteiger partial charge in [-0.25, -0.2) is 0 Å². The number of carbonyl (C=O) groups excluding carboxylic acids is 1. The van der Waals surface area contributed by atoms with Gasteiger partial charge in [0.25, 0.3) is 5.91 Å². The topological polar surface area (TPSA) is 44.4 Å². The predicted molar refractivity (Wildman–Crippen MR) is 80.8 cm³/mol. The zero-order valence-corrected chi connectivity index (χ0v) is 12.4. The number of nitrogens with zero attached hydrogens (tertiary/aromatic N) is 1. The van der Waals surface area contributed by atoms with Gasteiger partial charge in [0.1, 0.15) is 0 Å². The summed E-state index contributed by atoms with van der Waals surface area (Å²) in [7, 11) is 0. The minimum absolute atomic E-state index is 0.0173. The standard InChI is InChI=1S/C13H18IN3O/c14-12-3-1-2-11(10-12)13(18)16-6-9-17-7-4-15-5-8-17/h1-3,10,15H,4-9H2,(H,16,18). The highest BCUT2D eigenvalue weighted by Crippen LogP contribution is 2.07. The number of piperazine rings is 1. The summed E-state index contributed by atoms with van der Waals surface area (Å²) >= 11 is 2.22. The molecule has 98 valence electrons. The lowest BCUT2D eigenvalue weighted by Crippen LogP contribution is -2.46. The second kappa shape index (κ2) is 7.06. The first-order chi connectivity index (χ1) is 8.75. The van der Waals surface area contributed by atoms with Crippen molar-refractivity contribution < 1.29 is 4.79 Å². The molecule has 2 rings (SSSR count). The largest absolute Gasteiger partial charge is 0.351 e. The molecule has 0 unspecified atom stereocenters. The molecule has 1 aliphatic rings. The van der Waals surface area contributed by atoms with Crippen LogP contribution in [0.2, 0.25) is 0 Å². The Morgan fingerprint density at radius 2 is 2.17 bits per heavy atom. The zero-order chi connectivity index (χ0) is 12.8. The van der Waals surface area contributed by atoms with Gasteiger partial charge < -0.3 is 10.6 Å². The maximum Gasteiger partial charge on any atom is 0.251 e. The first-order valence-electron chi connectivity index (χ1n) is 6.22. The summed E-state index contributed by atoms with van der Waals surface area (Å²) in [5, 5.41) is 6.29. The van der Waals surface area contributed by atoms with E-state index in [0.29, 0.717) is 6.54 Å². The Kier molecular flexibility index (Phi) is 5.40. The van der Waals surface area contributed by atoms with Crippen LogP contribution in [-0.2, 0) is 0 Å². The molecule has 5 heteroatoms. The van der Waals surface area contributed by atoms with E-state index in [2.05, 4.69) is 38.1 Å². The maximum absolute atomic E-state index is 11.9. The fraction of sp³-hybridized carbons (Fsp3) is 0.462. The highest BCUT2D eigenvalue weighted by molar-refractivity contribution is 14.1. The van der Waals surface area contributed by atoms with Crippen LogP contribution in [0.3, 0.4) is 0 Å². The lowest BCUT2D eigenvalue weighted by atomic mass is 10.2. The van der Waals surface area contributed by atoms with Gasteiger partial charge in [-0.2, -0.15) is 0 Å². The summed E-state index contributed by atoms with van der Waals surface area (Å²) in [6.45, 7) is 5.87. The van der Waals surface area contributed by atoms with Crippen LogP contribution in [0.4, 0.5) is 0 Å². The Bertz CT molecular complexity index is 405. The minimum Gasteiger partial charge on any atom is -0.351 e. The third-order valence-electron chi connectivity index (χ3n) is 3.01. The molecule has 1 aromatic carbocycles. The molecule has 0 aromatic heterocycles. The second-order valence-electron chi connectivity index (χ2n) is 4.36. The lowest BCUT2D eigenvalue weighted by molar-refractivity contribution is 0.0947. The summed E-state index contributed by atoms with van der Waals surface area (Å²) in [5.41, 5.74) is 0.738. The predicted octanol–water partition coefficient (Wildman–Crippen LogP) is 0.926. The average molecular weight is 359 g/mol. The van der Waals surface area contributed by atoms with E-state index in [4.69, 9.17) is 0 Å². The van der Waals surface area contributed by atoms with Crippen molar-refractivity contribution in [2.24, 2.45) is 0 Å². The molecule has 0 radical (unpaired) electrons.